The van der Waals surface area contributed by atoms with Crippen molar-refractivity contribution in [1.82, 2.24) is 0 Å². The fraction of sp³-hybridized carbons (Fsp3) is 0. The van der Waals surface area contributed by atoms with Gasteiger partial charge in [-0.25, -0.2) is 9.59 Å². The molecule has 23 heavy (non-hydrogen) atoms. The number of benzene rings is 2. The first-order valence-corrected chi connectivity index (χ1v) is 5.46. The Labute approximate surface area is 151 Å². The van der Waals surface area contributed by atoms with Crippen LogP contribution in [0.4, 0.5) is 0 Å². The molecule has 2 aromatic carbocycles. The zero-order valence-corrected chi connectivity index (χ0v) is 16.0. The second kappa shape index (κ2) is 12.4. The molecule has 0 aliphatic carbocycles. The van der Waals surface area contributed by atoms with E-state index in [9.17, 15) is 9.59 Å². The molecule has 8 nitrogen and oxygen atoms in total. The van der Waals surface area contributed by atoms with Crippen molar-refractivity contribution < 1.29 is 68.3 Å². The van der Waals surface area contributed by atoms with E-state index in [1.165, 1.54) is 24.3 Å². The van der Waals surface area contributed by atoms with E-state index in [0.29, 0.717) is 0 Å². The first kappa shape index (κ1) is 25.8. The Kier molecular flexibility index (Phi) is 13.9. The fourth-order valence-corrected chi connectivity index (χ4v) is 1.31. The summed E-state index contributed by atoms with van der Waals surface area (Å²) in [4.78, 5) is 20.5. The smallest absolute Gasteiger partial charge is 0.339 e. The third-order valence-electron chi connectivity index (χ3n) is 2.27. The SMILES string of the molecule is O.O.O=C(O)c1ccccc1O.O=C(O)c1ccccc1O.[Cd]. The molecule has 0 unspecified atom stereocenters. The number of para-hydroxylation sites is 2. The molecule has 8 N–H and O–H groups in total. The van der Waals surface area contributed by atoms with Crippen molar-refractivity contribution in [3.8, 4) is 11.5 Å². The summed E-state index contributed by atoms with van der Waals surface area (Å²) in [5.74, 6) is -2.62. The van der Waals surface area contributed by atoms with Gasteiger partial charge in [0.15, 0.2) is 0 Å². The molecule has 0 saturated carbocycles. The van der Waals surface area contributed by atoms with Crippen LogP contribution < -0.4 is 0 Å². The molecule has 2 rings (SSSR count). The van der Waals surface area contributed by atoms with Gasteiger partial charge in [-0.2, -0.15) is 0 Å². The van der Waals surface area contributed by atoms with Crippen molar-refractivity contribution in [2.24, 2.45) is 0 Å². The number of carbonyl (C=O) groups is 2. The Morgan fingerprint density at radius 2 is 0.913 bits per heavy atom. The average Bonchev–Trinajstić information content (AvgIpc) is 2.40. The Morgan fingerprint density at radius 1 is 0.652 bits per heavy atom. The molecule has 0 aromatic heterocycles. The van der Waals surface area contributed by atoms with E-state index >= 15 is 0 Å². The summed E-state index contributed by atoms with van der Waals surface area (Å²) in [7, 11) is 0. The van der Waals surface area contributed by atoms with Gasteiger partial charge in [-0.3, -0.25) is 0 Å². The maximum absolute atomic E-state index is 10.3. The molecule has 0 atom stereocenters. The molecule has 0 saturated heterocycles. The number of hydrogen-bond donors (Lipinski definition) is 4. The van der Waals surface area contributed by atoms with Gasteiger partial charge in [0.05, 0.1) is 0 Å². The third kappa shape index (κ3) is 8.13. The van der Waals surface area contributed by atoms with Crippen LogP contribution in [0.5, 0.6) is 11.5 Å². The number of carboxylic acid groups (broad SMARTS) is 2. The Balaban J connectivity index is -0.000000308. The monoisotopic (exact) mass is 426 g/mol. The van der Waals surface area contributed by atoms with Gasteiger partial charge in [0, 0.05) is 27.3 Å². The van der Waals surface area contributed by atoms with E-state index in [0.717, 1.165) is 0 Å². The topological polar surface area (TPSA) is 178 Å². The van der Waals surface area contributed by atoms with Crippen molar-refractivity contribution in [3.05, 3.63) is 59.7 Å². The molecular formula is C14H16CdO8. The number of hydrogen-bond acceptors (Lipinski definition) is 4. The van der Waals surface area contributed by atoms with Gasteiger partial charge in [-0.15, -0.1) is 0 Å². The Hall–Kier alpha value is -2.18. The second-order valence-electron chi connectivity index (χ2n) is 3.64. The van der Waals surface area contributed by atoms with Crippen LogP contribution in [0.2, 0.25) is 0 Å². The summed E-state index contributed by atoms with van der Waals surface area (Å²) in [6.45, 7) is 0. The molecule has 2 aromatic rings. The molecule has 0 aliphatic heterocycles. The van der Waals surface area contributed by atoms with E-state index in [1.807, 2.05) is 0 Å². The van der Waals surface area contributed by atoms with E-state index in [2.05, 4.69) is 0 Å². The molecule has 9 heteroatoms. The first-order valence-electron chi connectivity index (χ1n) is 5.46. The Morgan fingerprint density at radius 3 is 1.09 bits per heavy atom. The van der Waals surface area contributed by atoms with Crippen LogP contribution in [-0.2, 0) is 27.3 Å². The number of phenols is 2. The van der Waals surface area contributed by atoms with Crippen molar-refractivity contribution in [1.29, 1.82) is 0 Å². The maximum atomic E-state index is 10.3. The van der Waals surface area contributed by atoms with Gasteiger partial charge in [-0.1, -0.05) is 24.3 Å². The quantitative estimate of drug-likeness (QED) is 0.510. The van der Waals surface area contributed by atoms with Crippen LogP contribution in [0.15, 0.2) is 48.5 Å². The average molecular weight is 425 g/mol. The molecule has 0 heterocycles. The van der Waals surface area contributed by atoms with Gasteiger partial charge in [0.1, 0.15) is 22.6 Å². The van der Waals surface area contributed by atoms with Gasteiger partial charge < -0.3 is 31.4 Å². The van der Waals surface area contributed by atoms with Gasteiger partial charge in [-0.05, 0) is 24.3 Å². The van der Waals surface area contributed by atoms with Crippen molar-refractivity contribution in [3.63, 3.8) is 0 Å². The molecule has 0 bridgehead atoms. The van der Waals surface area contributed by atoms with Gasteiger partial charge >= 0.3 is 11.9 Å². The number of rotatable bonds is 2. The standard InChI is InChI=1S/2C7H6O3.Cd.2H2O/c2*8-6-4-2-1-3-5(6)7(9)10;;;/h2*1-4,8H,(H,9,10);;2*1H2. The van der Waals surface area contributed by atoms with Crippen molar-refractivity contribution >= 4 is 11.9 Å². The van der Waals surface area contributed by atoms with Crippen LogP contribution in [-0.4, -0.2) is 43.3 Å². The summed E-state index contributed by atoms with van der Waals surface area (Å²) in [6.07, 6.45) is 0. The van der Waals surface area contributed by atoms with Crippen LogP contribution in [0.25, 0.3) is 0 Å². The summed E-state index contributed by atoms with van der Waals surface area (Å²) >= 11 is 0. The van der Waals surface area contributed by atoms with E-state index in [4.69, 9.17) is 20.4 Å². The first-order chi connectivity index (χ1) is 9.43. The molecule has 0 spiro atoms. The summed E-state index contributed by atoms with van der Waals surface area (Å²) in [5.41, 5.74) is -0.134. The molecular weight excluding hydrogens is 409 g/mol. The molecule has 0 aliphatic rings. The Bertz CT molecular complexity index is 574. The second-order valence-corrected chi connectivity index (χ2v) is 3.64. The number of carboxylic acids is 2. The molecule has 0 amide bonds. The fourth-order valence-electron chi connectivity index (χ4n) is 1.31. The summed E-state index contributed by atoms with van der Waals surface area (Å²) < 4.78 is 0. The molecule has 0 fully saturated rings. The zero-order valence-electron chi connectivity index (χ0n) is 11.9. The van der Waals surface area contributed by atoms with Crippen LogP contribution >= 0.6 is 0 Å². The minimum Gasteiger partial charge on any atom is -0.507 e. The molecule has 0 radical (unpaired) electrons. The van der Waals surface area contributed by atoms with E-state index in [-0.39, 0.29) is 60.9 Å². The number of aromatic hydroxyl groups is 2. The zero-order chi connectivity index (χ0) is 15.1. The van der Waals surface area contributed by atoms with Crippen molar-refractivity contribution in [2.75, 3.05) is 0 Å². The number of aromatic carboxylic acids is 2. The normalized spacial score (nSPS) is 8.00. The van der Waals surface area contributed by atoms with Crippen LogP contribution in [0, 0.1) is 0 Å². The van der Waals surface area contributed by atoms with E-state index in [1.54, 1.807) is 24.3 Å². The van der Waals surface area contributed by atoms with Gasteiger partial charge in [0.25, 0.3) is 0 Å². The summed E-state index contributed by atoms with van der Waals surface area (Å²) in [5, 5.41) is 34.6. The predicted octanol–water partition coefficient (Wildman–Crippen LogP) is 0.529. The summed E-state index contributed by atoms with van der Waals surface area (Å²) in [6, 6.07) is 11.6. The van der Waals surface area contributed by atoms with Gasteiger partial charge in [0.2, 0.25) is 0 Å². The van der Waals surface area contributed by atoms with E-state index < -0.39 is 11.9 Å². The molecule has 122 valence electrons. The minimum absolute atomic E-state index is 0. The minimum atomic E-state index is -1.11. The van der Waals surface area contributed by atoms with Crippen molar-refractivity contribution in [2.45, 2.75) is 0 Å². The predicted molar refractivity (Wildman–Crippen MR) is 77.4 cm³/mol. The maximum Gasteiger partial charge on any atom is 0.339 e. The van der Waals surface area contributed by atoms with Crippen LogP contribution in [0.3, 0.4) is 0 Å². The third-order valence-corrected chi connectivity index (χ3v) is 2.27. The largest absolute Gasteiger partial charge is 0.507 e. The van der Waals surface area contributed by atoms with Crippen LogP contribution in [0.1, 0.15) is 20.7 Å².